The molecule has 0 N–H and O–H groups in total. The molecule has 0 saturated carbocycles. The summed E-state index contributed by atoms with van der Waals surface area (Å²) in [5.74, 6) is 0.496. The fourth-order valence-corrected chi connectivity index (χ4v) is 2.34. The van der Waals surface area contributed by atoms with Crippen molar-refractivity contribution in [2.24, 2.45) is 0 Å². The van der Waals surface area contributed by atoms with Crippen molar-refractivity contribution in [3.05, 3.63) is 60.2 Å². The number of hydrogen-bond donors (Lipinski definition) is 0. The van der Waals surface area contributed by atoms with Crippen LogP contribution in [0, 0.1) is 0 Å². The first kappa shape index (κ1) is 17.8. The Morgan fingerprint density at radius 1 is 1.12 bits per heavy atom. The van der Waals surface area contributed by atoms with Crippen molar-refractivity contribution >= 4 is 12.0 Å². The van der Waals surface area contributed by atoms with Crippen LogP contribution in [0.15, 0.2) is 49.0 Å². The van der Waals surface area contributed by atoms with Crippen molar-refractivity contribution in [3.8, 4) is 16.9 Å². The van der Waals surface area contributed by atoms with E-state index in [1.54, 1.807) is 12.1 Å². The Morgan fingerprint density at radius 3 is 2.33 bits per heavy atom. The minimum Gasteiger partial charge on any atom is -0.494 e. The summed E-state index contributed by atoms with van der Waals surface area (Å²) in [6.07, 6.45) is 1.81. The predicted molar refractivity (Wildman–Crippen MR) is 98.3 cm³/mol. The number of ether oxygens (including phenoxy) is 2. The smallest absolute Gasteiger partial charge is 0.338 e. The van der Waals surface area contributed by atoms with Gasteiger partial charge < -0.3 is 9.47 Å². The number of benzene rings is 2. The molecule has 0 amide bonds. The van der Waals surface area contributed by atoms with Gasteiger partial charge >= 0.3 is 5.97 Å². The summed E-state index contributed by atoms with van der Waals surface area (Å²) in [5, 5.41) is 0. The van der Waals surface area contributed by atoms with Gasteiger partial charge in [-0.25, -0.2) is 4.79 Å². The van der Waals surface area contributed by atoms with Gasteiger partial charge in [-0.2, -0.15) is 0 Å². The van der Waals surface area contributed by atoms with E-state index in [1.165, 1.54) is 0 Å². The highest BCUT2D eigenvalue weighted by atomic mass is 16.6. The zero-order valence-electron chi connectivity index (χ0n) is 14.8. The molecule has 0 heterocycles. The Balaban J connectivity index is 2.32. The number of hydrogen-bond acceptors (Lipinski definition) is 3. The zero-order chi connectivity index (χ0) is 17.7. The van der Waals surface area contributed by atoms with Crippen LogP contribution in [0.1, 0.15) is 43.6 Å². The normalized spacial score (nSPS) is 11.0. The molecule has 0 bridgehead atoms. The van der Waals surface area contributed by atoms with Crippen molar-refractivity contribution in [2.45, 2.75) is 33.3 Å². The third-order valence-electron chi connectivity index (χ3n) is 3.39. The Hall–Kier alpha value is -2.55. The summed E-state index contributed by atoms with van der Waals surface area (Å²) in [4.78, 5) is 12.1. The first-order valence-corrected chi connectivity index (χ1v) is 8.07. The predicted octanol–water partition coefficient (Wildman–Crippen LogP) is 5.35. The van der Waals surface area contributed by atoms with E-state index in [0.717, 1.165) is 22.4 Å². The highest BCUT2D eigenvalue weighted by Gasteiger charge is 2.17. The lowest BCUT2D eigenvalue weighted by atomic mass is 9.98. The minimum atomic E-state index is -0.502. The molecule has 0 saturated heterocycles. The second-order valence-electron chi connectivity index (χ2n) is 6.47. The lowest BCUT2D eigenvalue weighted by molar-refractivity contribution is 0.00695. The van der Waals surface area contributed by atoms with Crippen molar-refractivity contribution in [3.63, 3.8) is 0 Å². The topological polar surface area (TPSA) is 35.5 Å². The highest BCUT2D eigenvalue weighted by molar-refractivity contribution is 5.90. The molecule has 126 valence electrons. The van der Waals surface area contributed by atoms with Crippen LogP contribution >= 0.6 is 0 Å². The molecule has 3 nitrogen and oxygen atoms in total. The monoisotopic (exact) mass is 324 g/mol. The Kier molecular flexibility index (Phi) is 5.45. The van der Waals surface area contributed by atoms with Crippen molar-refractivity contribution in [1.29, 1.82) is 0 Å². The Labute approximate surface area is 143 Å². The molecule has 0 fully saturated rings. The standard InChI is InChI=1S/C21H24O3/c1-6-15-12-13-18(23-7-2)14-19(15)16-8-10-17(11-9-16)20(22)24-21(3,4)5/h6,8-14H,1,7H2,2-5H3. The van der Waals surface area contributed by atoms with Gasteiger partial charge in [-0.05, 0) is 68.7 Å². The molecular weight excluding hydrogens is 300 g/mol. The van der Waals surface area contributed by atoms with Gasteiger partial charge in [-0.1, -0.05) is 30.9 Å². The first-order chi connectivity index (χ1) is 11.3. The van der Waals surface area contributed by atoms with Gasteiger partial charge in [0.25, 0.3) is 0 Å². The van der Waals surface area contributed by atoms with Crippen molar-refractivity contribution in [1.82, 2.24) is 0 Å². The van der Waals surface area contributed by atoms with Crippen LogP contribution in [-0.4, -0.2) is 18.2 Å². The maximum atomic E-state index is 12.1. The van der Waals surface area contributed by atoms with E-state index in [-0.39, 0.29) is 5.97 Å². The molecular formula is C21H24O3. The average Bonchev–Trinajstić information content (AvgIpc) is 2.53. The third kappa shape index (κ3) is 4.48. The molecule has 2 rings (SSSR count). The van der Waals surface area contributed by atoms with Crippen LogP contribution in [-0.2, 0) is 4.74 Å². The summed E-state index contributed by atoms with van der Waals surface area (Å²) < 4.78 is 11.0. The van der Waals surface area contributed by atoms with Gasteiger partial charge in [0.2, 0.25) is 0 Å². The fraction of sp³-hybridized carbons (Fsp3) is 0.286. The molecule has 0 radical (unpaired) electrons. The van der Waals surface area contributed by atoms with Crippen LogP contribution in [0.5, 0.6) is 5.75 Å². The van der Waals surface area contributed by atoms with Crippen LogP contribution in [0.3, 0.4) is 0 Å². The zero-order valence-corrected chi connectivity index (χ0v) is 14.8. The van der Waals surface area contributed by atoms with E-state index < -0.39 is 5.60 Å². The number of carbonyl (C=O) groups excluding carboxylic acids is 1. The Morgan fingerprint density at radius 2 is 1.79 bits per heavy atom. The van der Waals surface area contributed by atoms with Crippen molar-refractivity contribution in [2.75, 3.05) is 6.61 Å². The van der Waals surface area contributed by atoms with E-state index in [4.69, 9.17) is 9.47 Å². The molecule has 0 aliphatic rings. The van der Waals surface area contributed by atoms with Crippen molar-refractivity contribution < 1.29 is 14.3 Å². The average molecular weight is 324 g/mol. The van der Waals surface area contributed by atoms with Gasteiger partial charge in [0.15, 0.2) is 0 Å². The highest BCUT2D eigenvalue weighted by Crippen LogP contribution is 2.29. The molecule has 0 aromatic heterocycles. The van der Waals surface area contributed by atoms with Gasteiger partial charge in [0.05, 0.1) is 12.2 Å². The first-order valence-electron chi connectivity index (χ1n) is 8.07. The second-order valence-corrected chi connectivity index (χ2v) is 6.47. The molecule has 0 aliphatic carbocycles. The summed E-state index contributed by atoms with van der Waals surface area (Å²) in [5.41, 5.74) is 3.07. The van der Waals surface area contributed by atoms with Gasteiger partial charge in [0.1, 0.15) is 11.4 Å². The van der Waals surface area contributed by atoms with E-state index in [2.05, 4.69) is 6.58 Å². The summed E-state index contributed by atoms with van der Waals surface area (Å²) in [6.45, 7) is 12.0. The lowest BCUT2D eigenvalue weighted by Crippen LogP contribution is -2.23. The summed E-state index contributed by atoms with van der Waals surface area (Å²) >= 11 is 0. The van der Waals surface area contributed by atoms with Crippen LogP contribution < -0.4 is 4.74 Å². The molecule has 24 heavy (non-hydrogen) atoms. The fourth-order valence-electron chi connectivity index (χ4n) is 2.34. The van der Waals surface area contributed by atoms with Crippen LogP contribution in [0.4, 0.5) is 0 Å². The van der Waals surface area contributed by atoms with Gasteiger partial charge in [0, 0.05) is 0 Å². The Bertz CT molecular complexity index is 722. The molecule has 0 aliphatic heterocycles. The number of esters is 1. The second kappa shape index (κ2) is 7.35. The van der Waals surface area contributed by atoms with Gasteiger partial charge in [-0.15, -0.1) is 0 Å². The largest absolute Gasteiger partial charge is 0.494 e. The molecule has 2 aromatic rings. The SMILES string of the molecule is C=Cc1ccc(OCC)cc1-c1ccc(C(=O)OC(C)(C)C)cc1. The molecule has 0 spiro atoms. The summed E-state index contributed by atoms with van der Waals surface area (Å²) in [6, 6.07) is 13.3. The summed E-state index contributed by atoms with van der Waals surface area (Å²) in [7, 11) is 0. The molecule has 0 atom stereocenters. The maximum Gasteiger partial charge on any atom is 0.338 e. The number of rotatable bonds is 5. The third-order valence-corrected chi connectivity index (χ3v) is 3.39. The maximum absolute atomic E-state index is 12.1. The van der Waals surface area contributed by atoms with Crippen LogP contribution in [0.25, 0.3) is 17.2 Å². The van der Waals surface area contributed by atoms with E-state index >= 15 is 0 Å². The van der Waals surface area contributed by atoms with E-state index in [0.29, 0.717) is 12.2 Å². The molecule has 0 unspecified atom stereocenters. The van der Waals surface area contributed by atoms with E-state index in [1.807, 2.05) is 64.1 Å². The van der Waals surface area contributed by atoms with E-state index in [9.17, 15) is 4.79 Å². The minimum absolute atomic E-state index is 0.318. The molecule has 2 aromatic carbocycles. The van der Waals surface area contributed by atoms with Gasteiger partial charge in [-0.3, -0.25) is 0 Å². The molecule has 3 heteroatoms. The van der Waals surface area contributed by atoms with Crippen LogP contribution in [0.2, 0.25) is 0 Å². The number of carbonyl (C=O) groups is 1. The quantitative estimate of drug-likeness (QED) is 0.695. The lowest BCUT2D eigenvalue weighted by Gasteiger charge is -2.19.